The lowest BCUT2D eigenvalue weighted by molar-refractivity contribution is -0.116. The number of rotatable bonds is 5. The van der Waals surface area contributed by atoms with Gasteiger partial charge in [-0.3, -0.25) is 14.9 Å². The van der Waals surface area contributed by atoms with E-state index in [0.29, 0.717) is 11.4 Å². The molecule has 2 aromatic rings. The van der Waals surface area contributed by atoms with Gasteiger partial charge in [0.1, 0.15) is 0 Å². The summed E-state index contributed by atoms with van der Waals surface area (Å²) in [5, 5.41) is 6.06. The molecular formula is C16H17N3O3. The largest absolute Gasteiger partial charge is 0.328 e. The van der Waals surface area contributed by atoms with Gasteiger partial charge in [0.2, 0.25) is 5.91 Å². The molecule has 0 saturated heterocycles. The predicted molar refractivity (Wildman–Crippen MR) is 79.7 cm³/mol. The normalized spacial score (nSPS) is 13.0. The Morgan fingerprint density at radius 2 is 2.05 bits per heavy atom. The fourth-order valence-corrected chi connectivity index (χ4v) is 2.65. The lowest BCUT2D eigenvalue weighted by Gasteiger charge is -2.04. The third-order valence-electron chi connectivity index (χ3n) is 3.77. The van der Waals surface area contributed by atoms with Crippen LogP contribution in [0.1, 0.15) is 46.6 Å². The van der Waals surface area contributed by atoms with Crippen LogP contribution in [0.5, 0.6) is 0 Å². The molecule has 22 heavy (non-hydrogen) atoms. The standard InChI is InChI=1S/C16H17N3O3/c1-10-17-16(22-19-10)18-15(21)8-7-14(20)13-6-5-11-3-2-4-12(11)9-13/h5-6,9H,2-4,7-8H2,1H3,(H,17,18,19,21). The van der Waals surface area contributed by atoms with Crippen LogP contribution >= 0.6 is 0 Å². The fraction of sp³-hybridized carbons (Fsp3) is 0.375. The first-order valence-corrected chi connectivity index (χ1v) is 7.37. The van der Waals surface area contributed by atoms with E-state index < -0.39 is 0 Å². The number of hydrogen-bond donors (Lipinski definition) is 1. The van der Waals surface area contributed by atoms with E-state index in [1.165, 1.54) is 11.1 Å². The lowest BCUT2D eigenvalue weighted by Crippen LogP contribution is -2.13. The van der Waals surface area contributed by atoms with Crippen LogP contribution in [-0.4, -0.2) is 21.8 Å². The molecule has 1 aromatic carbocycles. The summed E-state index contributed by atoms with van der Waals surface area (Å²) >= 11 is 0. The highest BCUT2D eigenvalue weighted by Gasteiger charge is 2.15. The van der Waals surface area contributed by atoms with Crippen LogP contribution < -0.4 is 5.32 Å². The Bertz CT molecular complexity index is 721. The van der Waals surface area contributed by atoms with Crippen LogP contribution in [0, 0.1) is 6.92 Å². The summed E-state index contributed by atoms with van der Waals surface area (Å²) in [6.45, 7) is 1.66. The molecule has 1 aromatic heterocycles. The SMILES string of the molecule is Cc1noc(NC(=O)CCC(=O)c2ccc3c(c2)CCC3)n1. The minimum Gasteiger partial charge on any atom is -0.315 e. The number of amides is 1. The Balaban J connectivity index is 1.54. The van der Waals surface area contributed by atoms with Crippen molar-refractivity contribution in [2.24, 2.45) is 0 Å². The molecule has 1 aliphatic carbocycles. The smallest absolute Gasteiger partial charge is 0.315 e. The number of ketones is 1. The average Bonchev–Trinajstić information content (AvgIpc) is 3.12. The number of aryl methyl sites for hydroxylation is 3. The van der Waals surface area contributed by atoms with Crippen LogP contribution in [0.25, 0.3) is 0 Å². The molecule has 1 N–H and O–H groups in total. The van der Waals surface area contributed by atoms with Crippen molar-refractivity contribution in [2.75, 3.05) is 5.32 Å². The van der Waals surface area contributed by atoms with Crippen molar-refractivity contribution in [3.8, 4) is 0 Å². The molecular weight excluding hydrogens is 282 g/mol. The molecule has 0 radical (unpaired) electrons. The van der Waals surface area contributed by atoms with Crippen molar-refractivity contribution in [1.82, 2.24) is 10.1 Å². The van der Waals surface area contributed by atoms with Crippen LogP contribution in [0.3, 0.4) is 0 Å². The van der Waals surface area contributed by atoms with Crippen LogP contribution in [0.2, 0.25) is 0 Å². The predicted octanol–water partition coefficient (Wildman–Crippen LogP) is 2.47. The van der Waals surface area contributed by atoms with Gasteiger partial charge >= 0.3 is 6.01 Å². The van der Waals surface area contributed by atoms with E-state index in [2.05, 4.69) is 15.5 Å². The maximum absolute atomic E-state index is 12.2. The number of carbonyl (C=O) groups excluding carboxylic acids is 2. The molecule has 0 spiro atoms. The molecule has 114 valence electrons. The highest BCUT2D eigenvalue weighted by Crippen LogP contribution is 2.23. The number of nitrogens with zero attached hydrogens (tertiary/aromatic N) is 2. The lowest BCUT2D eigenvalue weighted by atomic mass is 10.0. The highest BCUT2D eigenvalue weighted by atomic mass is 16.5. The van der Waals surface area contributed by atoms with E-state index in [9.17, 15) is 9.59 Å². The first-order chi connectivity index (χ1) is 10.6. The summed E-state index contributed by atoms with van der Waals surface area (Å²) in [5.41, 5.74) is 3.28. The Hall–Kier alpha value is -2.50. The highest BCUT2D eigenvalue weighted by molar-refractivity contribution is 5.99. The van der Waals surface area contributed by atoms with Crippen molar-refractivity contribution in [3.63, 3.8) is 0 Å². The van der Waals surface area contributed by atoms with E-state index in [-0.39, 0.29) is 30.5 Å². The molecule has 0 aliphatic heterocycles. The zero-order valence-corrected chi connectivity index (χ0v) is 12.4. The van der Waals surface area contributed by atoms with Crippen LogP contribution in [0.4, 0.5) is 6.01 Å². The Labute approximate surface area is 127 Å². The van der Waals surface area contributed by atoms with Crippen LogP contribution in [-0.2, 0) is 17.6 Å². The summed E-state index contributed by atoms with van der Waals surface area (Å²) in [5.74, 6) is 0.120. The van der Waals surface area contributed by atoms with Crippen molar-refractivity contribution >= 4 is 17.7 Å². The zero-order valence-electron chi connectivity index (χ0n) is 12.4. The minimum atomic E-state index is -0.307. The molecule has 1 heterocycles. The summed E-state index contributed by atoms with van der Waals surface area (Å²) in [6.07, 6.45) is 3.54. The second-order valence-electron chi connectivity index (χ2n) is 5.46. The summed E-state index contributed by atoms with van der Waals surface area (Å²) in [4.78, 5) is 27.8. The molecule has 6 nitrogen and oxygen atoms in total. The third kappa shape index (κ3) is 3.21. The van der Waals surface area contributed by atoms with Gasteiger partial charge in [0.15, 0.2) is 11.6 Å². The molecule has 1 aliphatic rings. The summed E-state index contributed by atoms with van der Waals surface area (Å²) < 4.78 is 4.80. The molecule has 6 heteroatoms. The summed E-state index contributed by atoms with van der Waals surface area (Å²) in [6, 6.07) is 5.90. The second-order valence-corrected chi connectivity index (χ2v) is 5.46. The summed E-state index contributed by atoms with van der Waals surface area (Å²) in [7, 11) is 0. The van der Waals surface area contributed by atoms with Crippen molar-refractivity contribution in [1.29, 1.82) is 0 Å². The van der Waals surface area contributed by atoms with Gasteiger partial charge in [0.25, 0.3) is 0 Å². The second kappa shape index (κ2) is 6.09. The molecule has 0 fully saturated rings. The van der Waals surface area contributed by atoms with E-state index in [0.717, 1.165) is 19.3 Å². The van der Waals surface area contributed by atoms with Gasteiger partial charge in [-0.05, 0) is 43.4 Å². The van der Waals surface area contributed by atoms with E-state index in [1.807, 2.05) is 18.2 Å². The number of Topliss-reactive ketones (excluding diaryl/α,β-unsaturated/α-hetero) is 1. The quantitative estimate of drug-likeness (QED) is 0.857. The third-order valence-corrected chi connectivity index (χ3v) is 3.77. The minimum absolute atomic E-state index is 0.0217. The van der Waals surface area contributed by atoms with Gasteiger partial charge in [-0.1, -0.05) is 17.3 Å². The van der Waals surface area contributed by atoms with E-state index in [1.54, 1.807) is 6.92 Å². The van der Waals surface area contributed by atoms with Gasteiger partial charge in [-0.15, -0.1) is 0 Å². The number of benzene rings is 1. The van der Waals surface area contributed by atoms with Crippen molar-refractivity contribution in [2.45, 2.75) is 39.0 Å². The van der Waals surface area contributed by atoms with Gasteiger partial charge < -0.3 is 4.52 Å². The number of anilines is 1. The number of aromatic nitrogens is 2. The Morgan fingerprint density at radius 3 is 2.82 bits per heavy atom. The van der Waals surface area contributed by atoms with Gasteiger partial charge in [0, 0.05) is 18.4 Å². The van der Waals surface area contributed by atoms with E-state index >= 15 is 0 Å². The van der Waals surface area contributed by atoms with Gasteiger partial charge in [-0.25, -0.2) is 0 Å². The topological polar surface area (TPSA) is 85.1 Å². The average molecular weight is 299 g/mol. The first-order valence-electron chi connectivity index (χ1n) is 7.37. The van der Waals surface area contributed by atoms with Gasteiger partial charge in [0.05, 0.1) is 0 Å². The molecule has 1 amide bonds. The maximum Gasteiger partial charge on any atom is 0.328 e. The number of fused-ring (bicyclic) bond motifs is 1. The number of carbonyl (C=O) groups is 2. The van der Waals surface area contributed by atoms with E-state index in [4.69, 9.17) is 4.52 Å². The number of nitrogens with one attached hydrogen (secondary N) is 1. The zero-order chi connectivity index (χ0) is 15.5. The molecule has 0 bridgehead atoms. The molecule has 0 saturated carbocycles. The first kappa shape index (κ1) is 14.4. The Kier molecular flexibility index (Phi) is 4.00. The van der Waals surface area contributed by atoms with Gasteiger partial charge in [-0.2, -0.15) is 4.98 Å². The van der Waals surface area contributed by atoms with Crippen molar-refractivity contribution in [3.05, 3.63) is 40.7 Å². The fourth-order valence-electron chi connectivity index (χ4n) is 2.65. The monoisotopic (exact) mass is 299 g/mol. The van der Waals surface area contributed by atoms with Crippen LogP contribution in [0.15, 0.2) is 22.7 Å². The molecule has 3 rings (SSSR count). The molecule has 0 unspecified atom stereocenters. The Morgan fingerprint density at radius 1 is 1.23 bits per heavy atom. The maximum atomic E-state index is 12.2. The number of hydrogen-bond acceptors (Lipinski definition) is 5. The van der Waals surface area contributed by atoms with Crippen molar-refractivity contribution < 1.29 is 14.1 Å². The molecule has 0 atom stereocenters.